The molecule has 8 heteroatoms. The number of rotatable bonds is 11. The third-order valence-corrected chi connectivity index (χ3v) is 7.48. The van der Waals surface area contributed by atoms with Crippen LogP contribution in [0.5, 0.6) is 5.75 Å². The standard InChI is InChI=1S/C26H27Cl2NO4S/c1-2-3-8-20-12-15-22(16-13-20)29(34(31,32)23-9-5-4-6-10-23)26(30)11-7-18-33-25-17-14-21(27)19-24(25)28/h4-6,9-10,12-17,19H,2-3,7-8,11,18H2,1H3. The van der Waals surface area contributed by atoms with Gasteiger partial charge in [0.2, 0.25) is 5.91 Å². The van der Waals surface area contributed by atoms with Crippen molar-refractivity contribution in [1.82, 2.24) is 0 Å². The fourth-order valence-electron chi connectivity index (χ4n) is 3.39. The largest absolute Gasteiger partial charge is 0.492 e. The van der Waals surface area contributed by atoms with Crippen LogP contribution in [0.2, 0.25) is 10.0 Å². The molecule has 0 N–H and O–H groups in total. The van der Waals surface area contributed by atoms with Gasteiger partial charge in [0.15, 0.2) is 0 Å². The summed E-state index contributed by atoms with van der Waals surface area (Å²) in [6, 6.07) is 20.0. The first-order valence-corrected chi connectivity index (χ1v) is 13.3. The quantitative estimate of drug-likeness (QED) is 0.258. The first kappa shape index (κ1) is 26.1. The number of unbranched alkanes of at least 4 members (excludes halogenated alkanes) is 1. The molecule has 0 fully saturated rings. The first-order chi connectivity index (χ1) is 16.3. The number of ether oxygens (including phenoxy) is 1. The Hall–Kier alpha value is -2.54. The van der Waals surface area contributed by atoms with E-state index in [9.17, 15) is 13.2 Å². The number of anilines is 1. The van der Waals surface area contributed by atoms with E-state index in [1.165, 1.54) is 12.1 Å². The minimum Gasteiger partial charge on any atom is -0.492 e. The number of benzene rings is 3. The highest BCUT2D eigenvalue weighted by molar-refractivity contribution is 7.93. The molecule has 5 nitrogen and oxygen atoms in total. The molecule has 0 spiro atoms. The summed E-state index contributed by atoms with van der Waals surface area (Å²) in [7, 11) is -4.08. The molecule has 0 bridgehead atoms. The van der Waals surface area contributed by atoms with Gasteiger partial charge in [0.25, 0.3) is 10.0 Å². The fourth-order valence-corrected chi connectivity index (χ4v) is 5.33. The summed E-state index contributed by atoms with van der Waals surface area (Å²) in [5.74, 6) is -0.0779. The van der Waals surface area contributed by atoms with Gasteiger partial charge in [-0.05, 0) is 67.3 Å². The summed E-state index contributed by atoms with van der Waals surface area (Å²) in [4.78, 5) is 13.2. The Bertz CT molecular complexity index is 1200. The minimum atomic E-state index is -4.08. The second-order valence-corrected chi connectivity index (χ2v) is 10.4. The zero-order chi connectivity index (χ0) is 24.6. The molecule has 3 aromatic rings. The van der Waals surface area contributed by atoms with Crippen LogP contribution in [0.25, 0.3) is 0 Å². The van der Waals surface area contributed by atoms with Gasteiger partial charge in [0, 0.05) is 11.4 Å². The van der Waals surface area contributed by atoms with Crippen LogP contribution in [0.15, 0.2) is 77.7 Å². The van der Waals surface area contributed by atoms with E-state index in [2.05, 4.69) is 6.92 Å². The van der Waals surface area contributed by atoms with Crippen molar-refractivity contribution in [1.29, 1.82) is 0 Å². The van der Waals surface area contributed by atoms with Crippen molar-refractivity contribution in [3.05, 3.63) is 88.4 Å². The van der Waals surface area contributed by atoms with E-state index in [0.717, 1.165) is 29.1 Å². The molecule has 180 valence electrons. The van der Waals surface area contributed by atoms with Gasteiger partial charge in [-0.2, -0.15) is 0 Å². The van der Waals surface area contributed by atoms with Crippen LogP contribution >= 0.6 is 23.2 Å². The highest BCUT2D eigenvalue weighted by Crippen LogP contribution is 2.28. The summed E-state index contributed by atoms with van der Waals surface area (Å²) in [6.45, 7) is 2.31. The van der Waals surface area contributed by atoms with Crippen LogP contribution in [-0.4, -0.2) is 20.9 Å². The summed E-state index contributed by atoms with van der Waals surface area (Å²) in [6.07, 6.45) is 3.31. The SMILES string of the molecule is CCCCc1ccc(N(C(=O)CCCOc2ccc(Cl)cc2Cl)S(=O)(=O)c2ccccc2)cc1. The highest BCUT2D eigenvalue weighted by Gasteiger charge is 2.30. The third kappa shape index (κ3) is 6.75. The molecule has 3 rings (SSSR count). The molecule has 0 atom stereocenters. The molecule has 0 aliphatic rings. The molecule has 3 aromatic carbocycles. The monoisotopic (exact) mass is 519 g/mol. The van der Waals surface area contributed by atoms with Crippen LogP contribution in [0, 0.1) is 0 Å². The average Bonchev–Trinajstić information content (AvgIpc) is 2.83. The van der Waals surface area contributed by atoms with Gasteiger partial charge in [0.1, 0.15) is 5.75 Å². The molecule has 0 radical (unpaired) electrons. The Morgan fingerprint density at radius 2 is 1.65 bits per heavy atom. The Morgan fingerprint density at radius 1 is 0.941 bits per heavy atom. The predicted molar refractivity (Wildman–Crippen MR) is 137 cm³/mol. The Balaban J connectivity index is 1.76. The lowest BCUT2D eigenvalue weighted by molar-refractivity contribution is -0.117. The van der Waals surface area contributed by atoms with E-state index >= 15 is 0 Å². The number of amides is 1. The van der Waals surface area contributed by atoms with E-state index in [4.69, 9.17) is 27.9 Å². The van der Waals surface area contributed by atoms with Crippen molar-refractivity contribution in [2.24, 2.45) is 0 Å². The molecular formula is C26H27Cl2NO4S. The molecule has 0 saturated carbocycles. The van der Waals surface area contributed by atoms with Crippen molar-refractivity contribution in [3.63, 3.8) is 0 Å². The molecule has 34 heavy (non-hydrogen) atoms. The second kappa shape index (κ2) is 12.2. The van der Waals surface area contributed by atoms with E-state index in [-0.39, 0.29) is 17.9 Å². The molecular weight excluding hydrogens is 493 g/mol. The first-order valence-electron chi connectivity index (χ1n) is 11.1. The summed E-state index contributed by atoms with van der Waals surface area (Å²) in [5.41, 5.74) is 1.42. The second-order valence-electron chi connectivity index (χ2n) is 7.77. The highest BCUT2D eigenvalue weighted by atomic mass is 35.5. The van der Waals surface area contributed by atoms with Crippen molar-refractivity contribution in [2.45, 2.75) is 43.9 Å². The Labute approximate surface area is 211 Å². The van der Waals surface area contributed by atoms with Crippen molar-refractivity contribution in [2.75, 3.05) is 10.9 Å². The van der Waals surface area contributed by atoms with Crippen LogP contribution in [0.3, 0.4) is 0 Å². The van der Waals surface area contributed by atoms with Gasteiger partial charge in [-0.1, -0.05) is 66.9 Å². The van der Waals surface area contributed by atoms with Crippen LogP contribution in [0.1, 0.15) is 38.2 Å². The van der Waals surface area contributed by atoms with Crippen molar-refractivity contribution >= 4 is 44.8 Å². The minimum absolute atomic E-state index is 0.0190. The van der Waals surface area contributed by atoms with Gasteiger partial charge < -0.3 is 4.74 Å². The Kier molecular flexibility index (Phi) is 9.39. The summed E-state index contributed by atoms with van der Waals surface area (Å²) in [5, 5.41) is 0.866. The van der Waals surface area contributed by atoms with E-state index in [1.54, 1.807) is 48.5 Å². The maximum absolute atomic E-state index is 13.4. The van der Waals surface area contributed by atoms with E-state index in [1.807, 2.05) is 12.1 Å². The topological polar surface area (TPSA) is 63.7 Å². The number of carbonyl (C=O) groups is 1. The zero-order valence-corrected chi connectivity index (χ0v) is 21.2. The molecule has 0 aliphatic heterocycles. The molecule has 0 heterocycles. The maximum Gasteiger partial charge on any atom is 0.270 e. The number of nitrogens with zero attached hydrogens (tertiary/aromatic N) is 1. The predicted octanol–water partition coefficient (Wildman–Crippen LogP) is 6.92. The number of aryl methyl sites for hydroxylation is 1. The number of hydrogen-bond acceptors (Lipinski definition) is 4. The van der Waals surface area contributed by atoms with Gasteiger partial charge >= 0.3 is 0 Å². The third-order valence-electron chi connectivity index (χ3n) is 5.18. The molecule has 0 aromatic heterocycles. The maximum atomic E-state index is 13.4. The summed E-state index contributed by atoms with van der Waals surface area (Å²) < 4.78 is 33.3. The normalized spacial score (nSPS) is 11.3. The van der Waals surface area contributed by atoms with Crippen molar-refractivity contribution in [3.8, 4) is 5.75 Å². The van der Waals surface area contributed by atoms with Crippen LogP contribution < -0.4 is 9.04 Å². The van der Waals surface area contributed by atoms with Gasteiger partial charge in [-0.3, -0.25) is 4.79 Å². The average molecular weight is 520 g/mol. The zero-order valence-electron chi connectivity index (χ0n) is 18.9. The van der Waals surface area contributed by atoms with E-state index < -0.39 is 15.9 Å². The number of halogens is 2. The van der Waals surface area contributed by atoms with Crippen LogP contribution in [0.4, 0.5) is 5.69 Å². The van der Waals surface area contributed by atoms with Crippen molar-refractivity contribution < 1.29 is 17.9 Å². The number of carbonyl (C=O) groups excluding carboxylic acids is 1. The summed E-state index contributed by atoms with van der Waals surface area (Å²) >= 11 is 12.0. The number of sulfonamides is 1. The lowest BCUT2D eigenvalue weighted by Gasteiger charge is -2.23. The van der Waals surface area contributed by atoms with Crippen LogP contribution in [-0.2, 0) is 21.2 Å². The fraction of sp³-hybridized carbons (Fsp3) is 0.269. The van der Waals surface area contributed by atoms with Gasteiger partial charge in [0.05, 0.1) is 22.2 Å². The molecule has 0 saturated heterocycles. The Morgan fingerprint density at radius 3 is 2.29 bits per heavy atom. The molecule has 1 amide bonds. The molecule has 0 aliphatic carbocycles. The lowest BCUT2D eigenvalue weighted by atomic mass is 10.1. The van der Waals surface area contributed by atoms with Gasteiger partial charge in [-0.25, -0.2) is 12.7 Å². The van der Waals surface area contributed by atoms with E-state index in [0.29, 0.717) is 27.9 Å². The lowest BCUT2D eigenvalue weighted by Crippen LogP contribution is -2.37. The molecule has 0 unspecified atom stereocenters. The smallest absolute Gasteiger partial charge is 0.270 e. The van der Waals surface area contributed by atoms with Gasteiger partial charge in [-0.15, -0.1) is 0 Å². The number of hydrogen-bond donors (Lipinski definition) is 0.